The molecule has 0 aliphatic heterocycles. The standard InChI is InChI=1S/C20H19ClFN3O4/c1-27-16-7-6-14(18(28-2)19(16)29-3)20(26)23-17-8-9-25(24-17)11-12-4-5-13(22)10-15(12)21/h4-10H,11H2,1-3H3,(H,23,24,26). The molecule has 1 aromatic heterocycles. The van der Waals surface area contributed by atoms with Gasteiger partial charge < -0.3 is 19.5 Å². The van der Waals surface area contributed by atoms with Crippen molar-refractivity contribution in [3.8, 4) is 17.2 Å². The Hall–Kier alpha value is -3.26. The van der Waals surface area contributed by atoms with Gasteiger partial charge in [-0.3, -0.25) is 9.48 Å². The summed E-state index contributed by atoms with van der Waals surface area (Å²) >= 11 is 6.05. The highest BCUT2D eigenvalue weighted by atomic mass is 35.5. The Bertz CT molecular complexity index is 1040. The number of rotatable bonds is 7. The number of halogens is 2. The van der Waals surface area contributed by atoms with E-state index >= 15 is 0 Å². The molecule has 0 bridgehead atoms. The Kier molecular flexibility index (Phi) is 6.23. The first-order valence-corrected chi connectivity index (χ1v) is 8.92. The van der Waals surface area contributed by atoms with E-state index in [0.717, 1.165) is 0 Å². The predicted octanol–water partition coefficient (Wildman–Crippen LogP) is 4.00. The van der Waals surface area contributed by atoms with Crippen molar-refractivity contribution in [3.63, 3.8) is 0 Å². The number of hydrogen-bond donors (Lipinski definition) is 1. The van der Waals surface area contributed by atoms with Crippen molar-refractivity contribution in [3.05, 3.63) is 64.6 Å². The average molecular weight is 420 g/mol. The molecule has 1 N–H and O–H groups in total. The Morgan fingerprint density at radius 3 is 2.52 bits per heavy atom. The van der Waals surface area contributed by atoms with Crippen LogP contribution in [0.5, 0.6) is 17.2 Å². The first-order valence-electron chi connectivity index (χ1n) is 8.54. The third-order valence-corrected chi connectivity index (χ3v) is 4.53. The molecule has 3 rings (SSSR count). The minimum absolute atomic E-state index is 0.252. The molecule has 0 saturated heterocycles. The van der Waals surface area contributed by atoms with Crippen molar-refractivity contribution in [2.24, 2.45) is 0 Å². The van der Waals surface area contributed by atoms with Crippen molar-refractivity contribution in [2.75, 3.05) is 26.6 Å². The van der Waals surface area contributed by atoms with Gasteiger partial charge in [-0.15, -0.1) is 0 Å². The zero-order valence-corrected chi connectivity index (χ0v) is 16.8. The Morgan fingerprint density at radius 2 is 1.86 bits per heavy atom. The third kappa shape index (κ3) is 4.43. The van der Waals surface area contributed by atoms with Crippen LogP contribution in [0.2, 0.25) is 5.02 Å². The van der Waals surface area contributed by atoms with Crippen LogP contribution >= 0.6 is 11.6 Å². The van der Waals surface area contributed by atoms with Gasteiger partial charge in [-0.1, -0.05) is 17.7 Å². The summed E-state index contributed by atoms with van der Waals surface area (Å²) in [4.78, 5) is 12.7. The van der Waals surface area contributed by atoms with Gasteiger partial charge in [0, 0.05) is 17.3 Å². The minimum atomic E-state index is -0.423. The largest absolute Gasteiger partial charge is 0.493 e. The number of carbonyl (C=O) groups excluding carboxylic acids is 1. The maximum atomic E-state index is 13.2. The van der Waals surface area contributed by atoms with Crippen molar-refractivity contribution in [1.29, 1.82) is 0 Å². The molecule has 3 aromatic rings. The van der Waals surface area contributed by atoms with Gasteiger partial charge in [0.25, 0.3) is 5.91 Å². The smallest absolute Gasteiger partial charge is 0.260 e. The van der Waals surface area contributed by atoms with Gasteiger partial charge in [-0.25, -0.2) is 4.39 Å². The van der Waals surface area contributed by atoms with E-state index in [1.807, 2.05) is 0 Å². The Balaban J connectivity index is 1.78. The van der Waals surface area contributed by atoms with Gasteiger partial charge in [-0.2, -0.15) is 5.10 Å². The fourth-order valence-electron chi connectivity index (χ4n) is 2.80. The van der Waals surface area contributed by atoms with E-state index < -0.39 is 11.7 Å². The Labute approximate surface area is 171 Å². The molecular formula is C20H19ClFN3O4. The lowest BCUT2D eigenvalue weighted by atomic mass is 10.1. The van der Waals surface area contributed by atoms with E-state index in [0.29, 0.717) is 34.4 Å². The first kappa shape index (κ1) is 20.5. The molecule has 1 heterocycles. The summed E-state index contributed by atoms with van der Waals surface area (Å²) in [6, 6.07) is 8.99. The summed E-state index contributed by atoms with van der Waals surface area (Å²) in [5, 5.41) is 7.32. The highest BCUT2D eigenvalue weighted by Crippen LogP contribution is 2.39. The summed E-state index contributed by atoms with van der Waals surface area (Å²) in [5.41, 5.74) is 0.969. The van der Waals surface area contributed by atoms with Gasteiger partial charge >= 0.3 is 0 Å². The number of methoxy groups -OCH3 is 3. The number of anilines is 1. The van der Waals surface area contributed by atoms with Crippen LogP contribution in [0.4, 0.5) is 10.2 Å². The summed E-state index contributed by atoms with van der Waals surface area (Å²) in [6.45, 7) is 0.328. The number of nitrogens with zero attached hydrogens (tertiary/aromatic N) is 2. The number of nitrogens with one attached hydrogen (secondary N) is 1. The zero-order chi connectivity index (χ0) is 21.0. The van der Waals surface area contributed by atoms with Crippen molar-refractivity contribution < 1.29 is 23.4 Å². The quantitative estimate of drug-likeness (QED) is 0.626. The molecule has 7 nitrogen and oxygen atoms in total. The number of carbonyl (C=O) groups is 1. The van der Waals surface area contributed by atoms with Crippen molar-refractivity contribution in [2.45, 2.75) is 6.54 Å². The van der Waals surface area contributed by atoms with E-state index in [4.69, 9.17) is 25.8 Å². The molecule has 0 saturated carbocycles. The fourth-order valence-corrected chi connectivity index (χ4v) is 3.03. The molecule has 29 heavy (non-hydrogen) atoms. The van der Waals surface area contributed by atoms with Crippen LogP contribution < -0.4 is 19.5 Å². The highest BCUT2D eigenvalue weighted by Gasteiger charge is 2.21. The topological polar surface area (TPSA) is 74.6 Å². The molecular weight excluding hydrogens is 401 g/mol. The molecule has 152 valence electrons. The molecule has 0 aliphatic carbocycles. The lowest BCUT2D eigenvalue weighted by Crippen LogP contribution is -2.14. The first-order chi connectivity index (χ1) is 14.0. The second-order valence-corrected chi connectivity index (χ2v) is 6.38. The molecule has 0 fully saturated rings. The van der Waals surface area contributed by atoms with Crippen LogP contribution in [0.1, 0.15) is 15.9 Å². The molecule has 2 aromatic carbocycles. The van der Waals surface area contributed by atoms with E-state index in [2.05, 4.69) is 10.4 Å². The van der Waals surface area contributed by atoms with E-state index in [9.17, 15) is 9.18 Å². The van der Waals surface area contributed by atoms with Crippen LogP contribution in [0.15, 0.2) is 42.6 Å². The maximum Gasteiger partial charge on any atom is 0.260 e. The van der Waals surface area contributed by atoms with Crippen molar-refractivity contribution >= 4 is 23.3 Å². The van der Waals surface area contributed by atoms with Crippen LogP contribution in [-0.4, -0.2) is 37.0 Å². The number of benzene rings is 2. The minimum Gasteiger partial charge on any atom is -0.493 e. The predicted molar refractivity (Wildman–Crippen MR) is 107 cm³/mol. The van der Waals surface area contributed by atoms with Gasteiger partial charge in [-0.05, 0) is 29.8 Å². The van der Waals surface area contributed by atoms with Crippen LogP contribution in [0.3, 0.4) is 0 Å². The zero-order valence-electron chi connectivity index (χ0n) is 16.0. The molecule has 0 unspecified atom stereocenters. The summed E-state index contributed by atoms with van der Waals surface area (Å²) in [5.74, 6) is 0.524. The van der Waals surface area contributed by atoms with Crippen LogP contribution in [-0.2, 0) is 6.54 Å². The lowest BCUT2D eigenvalue weighted by molar-refractivity contribution is 0.102. The maximum absolute atomic E-state index is 13.2. The molecule has 1 amide bonds. The molecule has 0 aliphatic rings. The summed E-state index contributed by atoms with van der Waals surface area (Å²) in [7, 11) is 4.40. The van der Waals surface area contributed by atoms with Crippen LogP contribution in [0.25, 0.3) is 0 Å². The molecule has 9 heteroatoms. The third-order valence-electron chi connectivity index (χ3n) is 4.18. The number of ether oxygens (including phenoxy) is 3. The number of aromatic nitrogens is 2. The number of amides is 1. The number of hydrogen-bond acceptors (Lipinski definition) is 5. The van der Waals surface area contributed by atoms with E-state index in [1.165, 1.54) is 33.5 Å². The van der Waals surface area contributed by atoms with Gasteiger partial charge in [0.05, 0.1) is 33.4 Å². The average Bonchev–Trinajstić information content (AvgIpc) is 3.15. The van der Waals surface area contributed by atoms with Crippen LogP contribution in [0, 0.1) is 5.82 Å². The van der Waals surface area contributed by atoms with E-state index in [1.54, 1.807) is 35.1 Å². The summed E-state index contributed by atoms with van der Waals surface area (Å²) in [6.07, 6.45) is 1.68. The molecule has 0 atom stereocenters. The molecule has 0 spiro atoms. The molecule has 0 radical (unpaired) electrons. The summed E-state index contributed by atoms with van der Waals surface area (Å²) < 4.78 is 30.6. The second-order valence-electron chi connectivity index (χ2n) is 5.97. The van der Waals surface area contributed by atoms with Crippen molar-refractivity contribution in [1.82, 2.24) is 9.78 Å². The van der Waals surface area contributed by atoms with Gasteiger partial charge in [0.1, 0.15) is 5.82 Å². The normalized spacial score (nSPS) is 10.5. The Morgan fingerprint density at radius 1 is 1.10 bits per heavy atom. The lowest BCUT2D eigenvalue weighted by Gasteiger charge is -2.15. The monoisotopic (exact) mass is 419 g/mol. The highest BCUT2D eigenvalue weighted by molar-refractivity contribution is 6.31. The fraction of sp³-hybridized carbons (Fsp3) is 0.200. The SMILES string of the molecule is COc1ccc(C(=O)Nc2ccn(Cc3ccc(F)cc3Cl)n2)c(OC)c1OC. The second kappa shape index (κ2) is 8.83. The van der Waals surface area contributed by atoms with Gasteiger partial charge in [0.15, 0.2) is 17.3 Å². The van der Waals surface area contributed by atoms with Gasteiger partial charge in [0.2, 0.25) is 5.75 Å². The van der Waals surface area contributed by atoms with E-state index in [-0.39, 0.29) is 11.3 Å².